The molecule has 6 nitrogen and oxygen atoms in total. The zero-order valence-corrected chi connectivity index (χ0v) is 19.4. The van der Waals surface area contributed by atoms with Gasteiger partial charge < -0.3 is 19.3 Å². The Labute approximate surface area is 198 Å². The highest BCUT2D eigenvalue weighted by molar-refractivity contribution is 7.16. The van der Waals surface area contributed by atoms with Crippen LogP contribution in [0, 0.1) is 0 Å². The molecular formula is C25H20ClN3O3S. The van der Waals surface area contributed by atoms with Crippen LogP contribution >= 0.6 is 22.9 Å². The molecule has 5 aromatic rings. The molecule has 166 valence electrons. The second-order valence-corrected chi connectivity index (χ2v) is 9.66. The van der Waals surface area contributed by atoms with Crippen molar-refractivity contribution in [2.75, 3.05) is 0 Å². The van der Waals surface area contributed by atoms with E-state index >= 15 is 0 Å². The molecular weight excluding hydrogens is 458 g/mol. The van der Waals surface area contributed by atoms with E-state index in [0.717, 1.165) is 5.39 Å². The van der Waals surface area contributed by atoms with E-state index in [1.165, 1.54) is 11.3 Å². The minimum atomic E-state index is -1.51. The zero-order chi connectivity index (χ0) is 23.3. The van der Waals surface area contributed by atoms with Gasteiger partial charge in [0.05, 0.1) is 28.1 Å². The molecule has 1 unspecified atom stereocenters. The number of hydrogen-bond acceptors (Lipinski definition) is 5. The lowest BCUT2D eigenvalue weighted by Gasteiger charge is -2.28. The lowest BCUT2D eigenvalue weighted by molar-refractivity contribution is 0.121. The molecule has 8 heteroatoms. The second kappa shape index (κ2) is 7.88. The first kappa shape index (κ1) is 21.5. The third-order valence-electron chi connectivity index (χ3n) is 5.94. The number of aliphatic hydroxyl groups is 1. The number of nitrogens with zero attached hydrogens (tertiary/aromatic N) is 3. The molecule has 3 heterocycles. The van der Waals surface area contributed by atoms with Crippen LogP contribution in [-0.4, -0.2) is 24.3 Å². The van der Waals surface area contributed by atoms with Crippen molar-refractivity contribution in [2.45, 2.75) is 5.60 Å². The molecule has 0 radical (unpaired) electrons. The highest BCUT2D eigenvalue weighted by atomic mass is 35.5. The summed E-state index contributed by atoms with van der Waals surface area (Å²) in [5, 5.41) is 23.0. The number of rotatable bonds is 4. The highest BCUT2D eigenvalue weighted by Crippen LogP contribution is 2.42. The number of pyridine rings is 1. The summed E-state index contributed by atoms with van der Waals surface area (Å²) in [7, 11) is 3.54. The quantitative estimate of drug-likeness (QED) is 0.395. The van der Waals surface area contributed by atoms with Crippen LogP contribution in [0.5, 0.6) is 5.75 Å². The van der Waals surface area contributed by atoms with Crippen molar-refractivity contribution in [1.82, 2.24) is 14.1 Å². The first-order chi connectivity index (χ1) is 15.8. The Morgan fingerprint density at radius 3 is 2.55 bits per heavy atom. The lowest BCUT2D eigenvalue weighted by Crippen LogP contribution is -2.30. The van der Waals surface area contributed by atoms with E-state index in [-0.39, 0.29) is 11.3 Å². The highest BCUT2D eigenvalue weighted by Gasteiger charge is 2.38. The van der Waals surface area contributed by atoms with E-state index in [1.54, 1.807) is 65.1 Å². The zero-order valence-electron chi connectivity index (χ0n) is 17.9. The number of phenols is 1. The fraction of sp³-hybridized carbons (Fsp3) is 0.120. The van der Waals surface area contributed by atoms with Gasteiger partial charge in [0.1, 0.15) is 5.75 Å². The molecule has 0 aliphatic rings. The SMILES string of the molecule is Cn1cncc1C(O)(c1ccc2c(c1)c(-c1cccc(O)c1)cc(=O)n2C)c1ccc(Cl)s1. The first-order valence-corrected chi connectivity index (χ1v) is 11.4. The maximum Gasteiger partial charge on any atom is 0.251 e. The average molecular weight is 478 g/mol. The van der Waals surface area contributed by atoms with Crippen LogP contribution in [0.15, 0.2) is 78.0 Å². The maximum absolute atomic E-state index is 12.7. The van der Waals surface area contributed by atoms with E-state index in [2.05, 4.69) is 4.98 Å². The van der Waals surface area contributed by atoms with Gasteiger partial charge in [-0.25, -0.2) is 4.98 Å². The predicted octanol–water partition coefficient (Wildman–Crippen LogP) is 4.64. The Morgan fingerprint density at radius 2 is 1.88 bits per heavy atom. The summed E-state index contributed by atoms with van der Waals surface area (Å²) < 4.78 is 3.90. The van der Waals surface area contributed by atoms with Crippen LogP contribution in [0.3, 0.4) is 0 Å². The van der Waals surface area contributed by atoms with Crippen molar-refractivity contribution < 1.29 is 10.2 Å². The van der Waals surface area contributed by atoms with Crippen molar-refractivity contribution in [2.24, 2.45) is 14.1 Å². The van der Waals surface area contributed by atoms with Gasteiger partial charge in [0.25, 0.3) is 5.56 Å². The molecule has 0 saturated carbocycles. The molecule has 0 amide bonds. The van der Waals surface area contributed by atoms with Crippen LogP contribution < -0.4 is 5.56 Å². The van der Waals surface area contributed by atoms with Crippen LogP contribution in [0.1, 0.15) is 16.1 Å². The predicted molar refractivity (Wildman–Crippen MR) is 131 cm³/mol. The normalized spacial score (nSPS) is 13.3. The number of fused-ring (bicyclic) bond motifs is 1. The van der Waals surface area contributed by atoms with Crippen molar-refractivity contribution in [3.63, 3.8) is 0 Å². The Balaban J connectivity index is 1.84. The molecule has 2 aromatic carbocycles. The second-order valence-electron chi connectivity index (χ2n) is 7.94. The number of halogens is 1. The topological polar surface area (TPSA) is 80.3 Å². The van der Waals surface area contributed by atoms with Gasteiger partial charge in [-0.1, -0.05) is 29.8 Å². The molecule has 0 aliphatic carbocycles. The van der Waals surface area contributed by atoms with Gasteiger partial charge in [-0.2, -0.15) is 0 Å². The van der Waals surface area contributed by atoms with Gasteiger partial charge in [0, 0.05) is 30.4 Å². The largest absolute Gasteiger partial charge is 0.508 e. The molecule has 0 spiro atoms. The third-order valence-corrected chi connectivity index (χ3v) is 7.28. The van der Waals surface area contributed by atoms with Gasteiger partial charge in [-0.05, 0) is 53.1 Å². The summed E-state index contributed by atoms with van der Waals surface area (Å²) in [6.07, 6.45) is 3.27. The summed E-state index contributed by atoms with van der Waals surface area (Å²) in [5.74, 6) is 0.108. The number of phenolic OH excluding ortho intramolecular Hbond substituents is 1. The molecule has 0 fully saturated rings. The molecule has 0 bridgehead atoms. The van der Waals surface area contributed by atoms with Gasteiger partial charge >= 0.3 is 0 Å². The van der Waals surface area contributed by atoms with Gasteiger partial charge in [0.15, 0.2) is 5.60 Å². The Bertz CT molecular complexity index is 1570. The minimum absolute atomic E-state index is 0.108. The summed E-state index contributed by atoms with van der Waals surface area (Å²) in [4.78, 5) is 17.5. The Kier molecular flexibility index (Phi) is 5.12. The van der Waals surface area contributed by atoms with Crippen LogP contribution in [0.25, 0.3) is 22.0 Å². The summed E-state index contributed by atoms with van der Waals surface area (Å²) >= 11 is 7.53. The number of hydrogen-bond donors (Lipinski definition) is 2. The van der Waals surface area contributed by atoms with Gasteiger partial charge in [-0.3, -0.25) is 4.79 Å². The number of aromatic nitrogens is 3. The fourth-order valence-corrected chi connectivity index (χ4v) is 5.39. The molecule has 5 rings (SSSR count). The standard InChI is InChI=1S/C25H20ClN3O3S/c1-28-14-27-13-21(28)25(32,22-8-9-23(26)33-22)16-6-7-20-19(11-16)18(12-24(31)29(20)2)15-4-3-5-17(30)10-15/h3-14,30,32H,1-2H3. The first-order valence-electron chi connectivity index (χ1n) is 10.2. The molecule has 2 N–H and O–H groups in total. The molecule has 1 atom stereocenters. The summed E-state index contributed by atoms with van der Waals surface area (Å²) in [5.41, 5.74) is 1.60. The smallest absolute Gasteiger partial charge is 0.251 e. The van der Waals surface area contributed by atoms with Crippen LogP contribution in [0.4, 0.5) is 0 Å². The number of aromatic hydroxyl groups is 1. The number of thiophene rings is 1. The average Bonchev–Trinajstić information content (AvgIpc) is 3.44. The van der Waals surface area contributed by atoms with Crippen LogP contribution in [-0.2, 0) is 19.7 Å². The number of aryl methyl sites for hydroxylation is 2. The van der Waals surface area contributed by atoms with Gasteiger partial charge in [0.2, 0.25) is 0 Å². The van der Waals surface area contributed by atoms with E-state index in [9.17, 15) is 15.0 Å². The number of benzene rings is 2. The summed E-state index contributed by atoms with van der Waals surface area (Å²) in [6, 6.07) is 17.4. The van der Waals surface area contributed by atoms with E-state index in [4.69, 9.17) is 11.6 Å². The van der Waals surface area contributed by atoms with Crippen molar-refractivity contribution in [1.29, 1.82) is 0 Å². The monoisotopic (exact) mass is 477 g/mol. The van der Waals surface area contributed by atoms with Crippen molar-refractivity contribution in [3.05, 3.63) is 104 Å². The van der Waals surface area contributed by atoms with E-state index in [0.29, 0.717) is 37.1 Å². The van der Waals surface area contributed by atoms with E-state index in [1.807, 2.05) is 31.3 Å². The molecule has 0 saturated heterocycles. The Morgan fingerprint density at radius 1 is 1.06 bits per heavy atom. The fourth-order valence-electron chi connectivity index (χ4n) is 4.23. The molecule has 0 aliphatic heterocycles. The molecule has 33 heavy (non-hydrogen) atoms. The van der Waals surface area contributed by atoms with E-state index < -0.39 is 5.60 Å². The third kappa shape index (κ3) is 3.45. The number of imidazole rings is 1. The van der Waals surface area contributed by atoms with Crippen molar-refractivity contribution >= 4 is 33.8 Å². The van der Waals surface area contributed by atoms with Crippen LogP contribution in [0.2, 0.25) is 4.34 Å². The maximum atomic E-state index is 12.7. The lowest BCUT2D eigenvalue weighted by atomic mass is 9.87. The van der Waals surface area contributed by atoms with Crippen molar-refractivity contribution in [3.8, 4) is 16.9 Å². The summed E-state index contributed by atoms with van der Waals surface area (Å²) in [6.45, 7) is 0. The molecule has 3 aromatic heterocycles. The minimum Gasteiger partial charge on any atom is -0.508 e. The van der Waals surface area contributed by atoms with Gasteiger partial charge in [-0.15, -0.1) is 11.3 Å². The Hall–Kier alpha value is -3.39.